The fourth-order valence-corrected chi connectivity index (χ4v) is 5.46. The van der Waals surface area contributed by atoms with Crippen LogP contribution < -0.4 is 16.4 Å². The number of fused-ring (bicyclic) bond motifs is 1. The van der Waals surface area contributed by atoms with Gasteiger partial charge in [-0.25, -0.2) is 4.39 Å². The number of nitrogens with one attached hydrogen (secondary N) is 3. The van der Waals surface area contributed by atoms with Gasteiger partial charge >= 0.3 is 0 Å². The van der Waals surface area contributed by atoms with Crippen LogP contribution in [0.3, 0.4) is 0 Å². The third-order valence-corrected chi connectivity index (χ3v) is 7.27. The van der Waals surface area contributed by atoms with Crippen molar-refractivity contribution in [2.75, 3.05) is 18.5 Å². The predicted molar refractivity (Wildman–Crippen MR) is 145 cm³/mol. The highest BCUT2D eigenvalue weighted by molar-refractivity contribution is 8.13. The third-order valence-electron chi connectivity index (χ3n) is 5.98. The summed E-state index contributed by atoms with van der Waals surface area (Å²) in [4.78, 5) is 21.2. The molecule has 0 saturated heterocycles. The molecule has 6 nitrogen and oxygen atoms in total. The number of hydrogen-bond acceptors (Lipinski definition) is 5. The predicted octanol–water partition coefficient (Wildman–Crippen LogP) is 5.39. The van der Waals surface area contributed by atoms with Gasteiger partial charge in [0.05, 0.1) is 22.8 Å². The second kappa shape index (κ2) is 10.5. The van der Waals surface area contributed by atoms with Crippen molar-refractivity contribution in [1.82, 2.24) is 10.3 Å². The van der Waals surface area contributed by atoms with Crippen molar-refractivity contribution in [2.24, 2.45) is 10.7 Å². The maximum absolute atomic E-state index is 14.3. The first-order chi connectivity index (χ1) is 16.8. The average Bonchev–Trinajstić information content (AvgIpc) is 3.38. The number of allylic oxidation sites excluding steroid dienone is 3. The van der Waals surface area contributed by atoms with Crippen molar-refractivity contribution in [2.45, 2.75) is 34.1 Å². The molecule has 5 N–H and O–H groups in total. The number of rotatable bonds is 7. The maximum atomic E-state index is 14.3. The lowest BCUT2D eigenvalue weighted by Gasteiger charge is -2.12. The minimum Gasteiger partial charge on any atom is -0.387 e. The molecular formula is C27H30FN5OS. The highest BCUT2D eigenvalue weighted by Crippen LogP contribution is 2.42. The molecule has 0 spiro atoms. The Labute approximate surface area is 209 Å². The Hall–Kier alpha value is -3.36. The van der Waals surface area contributed by atoms with Gasteiger partial charge in [0.2, 0.25) is 5.91 Å². The Bertz CT molecular complexity index is 1390. The van der Waals surface area contributed by atoms with Crippen LogP contribution in [0.25, 0.3) is 15.8 Å². The monoisotopic (exact) mass is 491 g/mol. The Morgan fingerprint density at radius 3 is 2.74 bits per heavy atom. The van der Waals surface area contributed by atoms with E-state index in [-0.39, 0.29) is 18.4 Å². The summed E-state index contributed by atoms with van der Waals surface area (Å²) < 4.78 is 14.3. The normalized spacial score (nSPS) is 16.1. The highest BCUT2D eigenvalue weighted by atomic mass is 32.2. The van der Waals surface area contributed by atoms with Crippen LogP contribution in [-0.4, -0.2) is 29.8 Å². The smallest absolute Gasteiger partial charge is 0.221 e. The lowest BCUT2D eigenvalue weighted by molar-refractivity contribution is -0.114. The number of nitrogens with zero attached hydrogens (tertiary/aromatic N) is 1. The number of anilines is 1. The Morgan fingerprint density at radius 1 is 1.20 bits per heavy atom. The van der Waals surface area contributed by atoms with E-state index >= 15 is 0 Å². The number of H-pyrrole nitrogens is 1. The number of aromatic amines is 1. The first-order valence-electron chi connectivity index (χ1n) is 11.5. The zero-order valence-corrected chi connectivity index (χ0v) is 21.2. The largest absolute Gasteiger partial charge is 0.387 e. The quantitative estimate of drug-likeness (QED) is 0.356. The average molecular weight is 492 g/mol. The molecule has 0 radical (unpaired) electrons. The topological polar surface area (TPSA) is 95.3 Å². The molecule has 4 rings (SSSR count). The molecule has 0 unspecified atom stereocenters. The zero-order valence-electron chi connectivity index (χ0n) is 20.4. The molecule has 2 aromatic carbocycles. The number of amides is 1. The van der Waals surface area contributed by atoms with E-state index < -0.39 is 0 Å². The molecule has 1 amide bonds. The summed E-state index contributed by atoms with van der Waals surface area (Å²) in [6.45, 7) is 8.42. The SMILES string of the molecule is CC(=O)Nc1cccc(C2=CC(=N/CN)/C(=C(\C)NCCc3c(C)[nH]c4c(F)ccc(C)c34)S2)c1. The van der Waals surface area contributed by atoms with Crippen molar-refractivity contribution in [3.05, 3.63) is 81.3 Å². The van der Waals surface area contributed by atoms with Crippen molar-refractivity contribution < 1.29 is 9.18 Å². The van der Waals surface area contributed by atoms with E-state index in [1.54, 1.807) is 11.8 Å². The number of aliphatic imine (C=N–C) groups is 1. The molecule has 0 saturated carbocycles. The Kier molecular flexibility index (Phi) is 7.42. The van der Waals surface area contributed by atoms with Gasteiger partial charge in [0, 0.05) is 40.8 Å². The van der Waals surface area contributed by atoms with E-state index in [0.717, 1.165) is 61.1 Å². The molecule has 35 heavy (non-hydrogen) atoms. The van der Waals surface area contributed by atoms with Gasteiger partial charge in [-0.15, -0.1) is 0 Å². The van der Waals surface area contributed by atoms with E-state index in [4.69, 9.17) is 5.73 Å². The molecule has 1 aliphatic heterocycles. The molecule has 0 fully saturated rings. The summed E-state index contributed by atoms with van der Waals surface area (Å²) in [6.07, 6.45) is 2.79. The Morgan fingerprint density at radius 2 is 2.00 bits per heavy atom. The van der Waals surface area contributed by atoms with Crippen LogP contribution in [0.5, 0.6) is 0 Å². The summed E-state index contributed by atoms with van der Waals surface area (Å²) in [5.41, 5.74) is 13.1. The summed E-state index contributed by atoms with van der Waals surface area (Å²) >= 11 is 1.63. The molecule has 2 heterocycles. The molecule has 8 heteroatoms. The summed E-state index contributed by atoms with van der Waals surface area (Å²) in [7, 11) is 0. The van der Waals surface area contributed by atoms with Gasteiger partial charge < -0.3 is 21.4 Å². The molecule has 3 aromatic rings. The number of thioether (sulfide) groups is 1. The first kappa shape index (κ1) is 24.8. The van der Waals surface area contributed by atoms with Gasteiger partial charge in [-0.1, -0.05) is 30.0 Å². The van der Waals surface area contributed by atoms with Crippen molar-refractivity contribution in [3.8, 4) is 0 Å². The van der Waals surface area contributed by atoms with Gasteiger partial charge in [-0.05, 0) is 68.2 Å². The fraction of sp³-hybridized carbons (Fsp3) is 0.259. The second-order valence-corrected chi connectivity index (χ2v) is 9.62. The highest BCUT2D eigenvalue weighted by Gasteiger charge is 2.22. The summed E-state index contributed by atoms with van der Waals surface area (Å²) in [5, 5.41) is 7.33. The number of aromatic nitrogens is 1. The van der Waals surface area contributed by atoms with Gasteiger partial charge in [-0.2, -0.15) is 0 Å². The number of aryl methyl sites for hydroxylation is 2. The van der Waals surface area contributed by atoms with Gasteiger partial charge in [0.15, 0.2) is 0 Å². The van der Waals surface area contributed by atoms with Gasteiger partial charge in [0.25, 0.3) is 0 Å². The number of halogens is 1. The number of benzene rings is 2. The second-order valence-electron chi connectivity index (χ2n) is 8.57. The summed E-state index contributed by atoms with van der Waals surface area (Å²) in [5.74, 6) is -0.332. The number of carbonyl (C=O) groups excluding carboxylic acids is 1. The number of nitrogens with two attached hydrogens (primary N) is 1. The van der Waals surface area contributed by atoms with Crippen LogP contribution in [0.4, 0.5) is 10.1 Å². The molecule has 1 aromatic heterocycles. The first-order valence-corrected chi connectivity index (χ1v) is 12.3. The third kappa shape index (κ3) is 5.33. The number of hydrogen-bond donors (Lipinski definition) is 4. The number of carbonyl (C=O) groups is 1. The standard InChI is InChI=1S/C27H30FN5OS/c1-15-8-9-22(28)26-25(15)21(16(2)32-26)10-11-30-17(3)27-23(31-14-29)13-24(35-27)19-6-5-7-20(12-19)33-18(4)34/h5-9,12-13,30,32H,10-11,14,29H2,1-4H3,(H,33,34)/b27-17-,31-23-. The summed E-state index contributed by atoms with van der Waals surface area (Å²) in [6, 6.07) is 11.1. The van der Waals surface area contributed by atoms with Gasteiger partial charge in [-0.3, -0.25) is 9.79 Å². The molecular weight excluding hydrogens is 461 g/mol. The lowest BCUT2D eigenvalue weighted by atomic mass is 10.0. The fourth-order valence-electron chi connectivity index (χ4n) is 4.37. The molecule has 1 aliphatic rings. The van der Waals surface area contributed by atoms with E-state index in [0.29, 0.717) is 12.1 Å². The van der Waals surface area contributed by atoms with E-state index in [1.807, 2.05) is 57.2 Å². The molecule has 0 bridgehead atoms. The van der Waals surface area contributed by atoms with Crippen LogP contribution in [0.2, 0.25) is 0 Å². The minimum atomic E-state index is -0.225. The van der Waals surface area contributed by atoms with Crippen LogP contribution in [-0.2, 0) is 11.2 Å². The lowest BCUT2D eigenvalue weighted by Crippen LogP contribution is -2.18. The van der Waals surface area contributed by atoms with Crippen LogP contribution >= 0.6 is 11.8 Å². The van der Waals surface area contributed by atoms with E-state index in [9.17, 15) is 9.18 Å². The van der Waals surface area contributed by atoms with Gasteiger partial charge in [0.1, 0.15) is 5.82 Å². The zero-order chi connectivity index (χ0) is 25.1. The Balaban J connectivity index is 1.53. The van der Waals surface area contributed by atoms with Crippen LogP contribution in [0, 0.1) is 19.7 Å². The van der Waals surface area contributed by atoms with Crippen LogP contribution in [0.1, 0.15) is 36.2 Å². The van der Waals surface area contributed by atoms with Crippen molar-refractivity contribution >= 4 is 44.9 Å². The minimum absolute atomic E-state index is 0.107. The molecule has 182 valence electrons. The molecule has 0 aliphatic carbocycles. The van der Waals surface area contributed by atoms with Crippen molar-refractivity contribution in [3.63, 3.8) is 0 Å². The maximum Gasteiger partial charge on any atom is 0.221 e. The van der Waals surface area contributed by atoms with Crippen LogP contribution in [0.15, 0.2) is 58.1 Å². The van der Waals surface area contributed by atoms with E-state index in [2.05, 4.69) is 20.6 Å². The molecule has 0 atom stereocenters. The van der Waals surface area contributed by atoms with E-state index in [1.165, 1.54) is 13.0 Å². The van der Waals surface area contributed by atoms with Crippen molar-refractivity contribution in [1.29, 1.82) is 0 Å².